The molecule has 7 heteroatoms. The SMILES string of the molecule is NNC(c1cc(F)c(F)c(F)c1)c1cc(F)ccc1Cl. The van der Waals surface area contributed by atoms with Crippen molar-refractivity contribution in [2.75, 3.05) is 0 Å². The van der Waals surface area contributed by atoms with Crippen LogP contribution in [0.5, 0.6) is 0 Å². The first-order valence-electron chi connectivity index (χ1n) is 5.49. The van der Waals surface area contributed by atoms with Crippen LogP contribution < -0.4 is 11.3 Å². The summed E-state index contributed by atoms with van der Waals surface area (Å²) in [6.45, 7) is 0. The summed E-state index contributed by atoms with van der Waals surface area (Å²) in [7, 11) is 0. The zero-order valence-electron chi connectivity index (χ0n) is 9.93. The molecule has 20 heavy (non-hydrogen) atoms. The van der Waals surface area contributed by atoms with E-state index in [1.54, 1.807) is 0 Å². The van der Waals surface area contributed by atoms with E-state index in [1.807, 2.05) is 0 Å². The molecular formula is C13H9ClF4N2. The Morgan fingerprint density at radius 1 is 1.00 bits per heavy atom. The molecule has 0 fully saturated rings. The molecule has 0 amide bonds. The van der Waals surface area contributed by atoms with Gasteiger partial charge in [0.2, 0.25) is 0 Å². The summed E-state index contributed by atoms with van der Waals surface area (Å²) in [6.07, 6.45) is 0. The largest absolute Gasteiger partial charge is 0.271 e. The van der Waals surface area contributed by atoms with Gasteiger partial charge in [-0.2, -0.15) is 0 Å². The second kappa shape index (κ2) is 5.78. The fourth-order valence-corrected chi connectivity index (χ4v) is 2.07. The maximum Gasteiger partial charge on any atom is 0.194 e. The van der Waals surface area contributed by atoms with Crippen LogP contribution in [0.3, 0.4) is 0 Å². The fraction of sp³-hybridized carbons (Fsp3) is 0.0769. The second-order valence-electron chi connectivity index (χ2n) is 4.06. The van der Waals surface area contributed by atoms with Crippen LogP contribution in [0, 0.1) is 23.3 Å². The van der Waals surface area contributed by atoms with E-state index in [4.69, 9.17) is 17.4 Å². The third-order valence-corrected chi connectivity index (χ3v) is 3.12. The normalized spacial score (nSPS) is 12.5. The van der Waals surface area contributed by atoms with Crippen molar-refractivity contribution in [2.45, 2.75) is 6.04 Å². The topological polar surface area (TPSA) is 38.0 Å². The zero-order valence-corrected chi connectivity index (χ0v) is 10.7. The highest BCUT2D eigenvalue weighted by molar-refractivity contribution is 6.31. The summed E-state index contributed by atoms with van der Waals surface area (Å²) >= 11 is 5.91. The summed E-state index contributed by atoms with van der Waals surface area (Å²) in [4.78, 5) is 0. The molecule has 0 radical (unpaired) electrons. The van der Waals surface area contributed by atoms with Crippen LogP contribution in [0.2, 0.25) is 5.02 Å². The Labute approximate surface area is 117 Å². The summed E-state index contributed by atoms with van der Waals surface area (Å²) in [5.41, 5.74) is 2.43. The third kappa shape index (κ3) is 2.77. The van der Waals surface area contributed by atoms with Crippen LogP contribution in [0.1, 0.15) is 17.2 Å². The third-order valence-electron chi connectivity index (χ3n) is 2.78. The summed E-state index contributed by atoms with van der Waals surface area (Å²) in [5, 5.41) is 0.152. The first-order chi connectivity index (χ1) is 9.43. The minimum Gasteiger partial charge on any atom is -0.271 e. The van der Waals surface area contributed by atoms with Crippen LogP contribution in [0.15, 0.2) is 30.3 Å². The standard InChI is InChI=1S/C13H9ClF4N2/c14-9-2-1-7(15)5-8(9)13(20-19)6-3-10(16)12(18)11(17)4-6/h1-5,13,20H,19H2. The van der Waals surface area contributed by atoms with Gasteiger partial charge in [0.25, 0.3) is 0 Å². The Hall–Kier alpha value is -1.63. The molecule has 1 atom stereocenters. The first kappa shape index (κ1) is 14.8. The van der Waals surface area contributed by atoms with E-state index < -0.39 is 29.3 Å². The van der Waals surface area contributed by atoms with Gasteiger partial charge in [-0.1, -0.05) is 11.6 Å². The lowest BCUT2D eigenvalue weighted by molar-refractivity contribution is 0.442. The Bertz CT molecular complexity index is 625. The van der Waals surface area contributed by atoms with E-state index in [2.05, 4.69) is 5.43 Å². The molecule has 0 aliphatic rings. The van der Waals surface area contributed by atoms with Gasteiger partial charge >= 0.3 is 0 Å². The van der Waals surface area contributed by atoms with Crippen LogP contribution in [0.25, 0.3) is 0 Å². The Morgan fingerprint density at radius 3 is 2.15 bits per heavy atom. The van der Waals surface area contributed by atoms with Crippen molar-refractivity contribution in [3.05, 3.63) is 69.8 Å². The van der Waals surface area contributed by atoms with Gasteiger partial charge in [-0.25, -0.2) is 23.0 Å². The number of hydrogen-bond donors (Lipinski definition) is 2. The summed E-state index contributed by atoms with van der Waals surface area (Å²) < 4.78 is 52.7. The van der Waals surface area contributed by atoms with Crippen molar-refractivity contribution in [3.63, 3.8) is 0 Å². The van der Waals surface area contributed by atoms with Crippen molar-refractivity contribution in [1.82, 2.24) is 5.43 Å². The van der Waals surface area contributed by atoms with Crippen molar-refractivity contribution in [3.8, 4) is 0 Å². The van der Waals surface area contributed by atoms with E-state index in [0.717, 1.165) is 24.3 Å². The number of halogens is 5. The molecule has 0 aliphatic heterocycles. The van der Waals surface area contributed by atoms with Gasteiger partial charge in [-0.15, -0.1) is 0 Å². The smallest absolute Gasteiger partial charge is 0.194 e. The first-order valence-corrected chi connectivity index (χ1v) is 5.87. The molecule has 0 heterocycles. The number of rotatable bonds is 3. The van der Waals surface area contributed by atoms with Crippen molar-refractivity contribution < 1.29 is 17.6 Å². The molecule has 0 bridgehead atoms. The molecular weight excluding hydrogens is 296 g/mol. The highest BCUT2D eigenvalue weighted by Crippen LogP contribution is 2.30. The Morgan fingerprint density at radius 2 is 1.60 bits per heavy atom. The van der Waals surface area contributed by atoms with Crippen molar-refractivity contribution in [1.29, 1.82) is 0 Å². The molecule has 2 nitrogen and oxygen atoms in total. The monoisotopic (exact) mass is 304 g/mol. The van der Waals surface area contributed by atoms with Gasteiger partial charge in [0.15, 0.2) is 17.5 Å². The average Bonchev–Trinajstić information content (AvgIpc) is 2.40. The van der Waals surface area contributed by atoms with Gasteiger partial charge in [-0.05, 0) is 41.5 Å². The molecule has 2 aromatic carbocycles. The quantitative estimate of drug-likeness (QED) is 0.394. The lowest BCUT2D eigenvalue weighted by atomic mass is 9.98. The van der Waals surface area contributed by atoms with Gasteiger partial charge in [0.05, 0.1) is 6.04 Å². The molecule has 0 saturated carbocycles. The predicted molar refractivity (Wildman–Crippen MR) is 66.9 cm³/mol. The predicted octanol–water partition coefficient (Wildman–Crippen LogP) is 3.45. The van der Waals surface area contributed by atoms with Gasteiger partial charge in [0.1, 0.15) is 5.82 Å². The van der Waals surface area contributed by atoms with Gasteiger partial charge in [0, 0.05) is 5.02 Å². The van der Waals surface area contributed by atoms with E-state index >= 15 is 0 Å². The highest BCUT2D eigenvalue weighted by atomic mass is 35.5. The molecule has 0 saturated heterocycles. The molecule has 0 spiro atoms. The van der Waals surface area contributed by atoms with Crippen LogP contribution in [0.4, 0.5) is 17.6 Å². The molecule has 0 aliphatic carbocycles. The maximum absolute atomic E-state index is 13.2. The number of nitrogens with two attached hydrogens (primary N) is 1. The Balaban J connectivity index is 2.55. The van der Waals surface area contributed by atoms with Gasteiger partial charge in [-0.3, -0.25) is 5.84 Å². The lowest BCUT2D eigenvalue weighted by Crippen LogP contribution is -2.29. The van der Waals surface area contributed by atoms with Crippen LogP contribution >= 0.6 is 11.6 Å². The van der Waals surface area contributed by atoms with Crippen molar-refractivity contribution in [2.24, 2.45) is 5.84 Å². The van der Waals surface area contributed by atoms with E-state index in [-0.39, 0.29) is 16.1 Å². The van der Waals surface area contributed by atoms with Crippen LogP contribution in [-0.4, -0.2) is 0 Å². The number of hydrazine groups is 1. The molecule has 106 valence electrons. The van der Waals surface area contributed by atoms with Crippen LogP contribution in [-0.2, 0) is 0 Å². The average molecular weight is 305 g/mol. The molecule has 2 rings (SSSR count). The number of nitrogens with one attached hydrogen (secondary N) is 1. The lowest BCUT2D eigenvalue weighted by Gasteiger charge is -2.18. The minimum atomic E-state index is -1.59. The minimum absolute atomic E-state index is 0.0172. The maximum atomic E-state index is 13.2. The Kier molecular flexibility index (Phi) is 4.27. The fourth-order valence-electron chi connectivity index (χ4n) is 1.84. The number of benzene rings is 2. The number of hydrogen-bond acceptors (Lipinski definition) is 2. The highest BCUT2D eigenvalue weighted by Gasteiger charge is 2.20. The molecule has 3 N–H and O–H groups in total. The molecule has 2 aromatic rings. The van der Waals surface area contributed by atoms with E-state index in [9.17, 15) is 17.6 Å². The van der Waals surface area contributed by atoms with Gasteiger partial charge < -0.3 is 0 Å². The molecule has 1 unspecified atom stereocenters. The summed E-state index contributed by atoms with van der Waals surface area (Å²) in [6, 6.07) is 4.04. The van der Waals surface area contributed by atoms with E-state index in [1.165, 1.54) is 6.07 Å². The molecule has 0 aromatic heterocycles. The second-order valence-corrected chi connectivity index (χ2v) is 4.47. The summed E-state index contributed by atoms with van der Waals surface area (Å²) in [5.74, 6) is 0.410. The van der Waals surface area contributed by atoms with E-state index in [0.29, 0.717) is 0 Å². The zero-order chi connectivity index (χ0) is 14.9. The van der Waals surface area contributed by atoms with Crippen molar-refractivity contribution >= 4 is 11.6 Å².